The molecule has 0 aliphatic rings. The SMILES string of the molecule is NCCC[C@H](N)C(=O)O.O=C(O)CC(O)C(=O)O. The third kappa shape index (κ3) is 12.4. The molecule has 0 heterocycles. The van der Waals surface area contributed by atoms with Gasteiger partial charge in [0.25, 0.3) is 0 Å². The highest BCUT2D eigenvalue weighted by atomic mass is 16.4. The Morgan fingerprint density at radius 1 is 1.06 bits per heavy atom. The van der Waals surface area contributed by atoms with Gasteiger partial charge in [-0.25, -0.2) is 4.79 Å². The molecule has 0 aromatic carbocycles. The van der Waals surface area contributed by atoms with Crippen LogP contribution in [0.1, 0.15) is 19.3 Å². The van der Waals surface area contributed by atoms with Crippen molar-refractivity contribution < 1.29 is 34.8 Å². The third-order valence-electron chi connectivity index (χ3n) is 1.69. The zero-order chi connectivity index (χ0) is 14.7. The van der Waals surface area contributed by atoms with E-state index < -0.39 is 36.5 Å². The minimum Gasteiger partial charge on any atom is -0.481 e. The first-order valence-corrected chi connectivity index (χ1v) is 5.03. The minimum atomic E-state index is -1.79. The zero-order valence-corrected chi connectivity index (χ0v) is 9.65. The van der Waals surface area contributed by atoms with E-state index in [4.69, 9.17) is 31.9 Å². The second-order valence-corrected chi connectivity index (χ2v) is 3.33. The second-order valence-electron chi connectivity index (χ2n) is 3.33. The molecule has 0 saturated heterocycles. The van der Waals surface area contributed by atoms with Crippen LogP contribution in [0.2, 0.25) is 0 Å². The highest BCUT2D eigenvalue weighted by molar-refractivity contribution is 5.79. The van der Waals surface area contributed by atoms with Crippen molar-refractivity contribution in [3.63, 3.8) is 0 Å². The first-order chi connectivity index (χ1) is 8.22. The topological polar surface area (TPSA) is 184 Å². The van der Waals surface area contributed by atoms with E-state index in [1.54, 1.807) is 0 Å². The van der Waals surface area contributed by atoms with Crippen LogP contribution in [0.3, 0.4) is 0 Å². The van der Waals surface area contributed by atoms with Crippen molar-refractivity contribution in [3.05, 3.63) is 0 Å². The smallest absolute Gasteiger partial charge is 0.333 e. The first-order valence-electron chi connectivity index (χ1n) is 5.03. The average molecular weight is 266 g/mol. The molecule has 0 fully saturated rings. The number of hydrogen-bond donors (Lipinski definition) is 6. The van der Waals surface area contributed by atoms with Crippen molar-refractivity contribution in [1.29, 1.82) is 0 Å². The second kappa shape index (κ2) is 10.4. The number of rotatable bonds is 7. The van der Waals surface area contributed by atoms with Crippen LogP contribution >= 0.6 is 0 Å². The van der Waals surface area contributed by atoms with Gasteiger partial charge >= 0.3 is 17.9 Å². The van der Waals surface area contributed by atoms with Gasteiger partial charge in [0.1, 0.15) is 6.04 Å². The fraction of sp³-hybridized carbons (Fsp3) is 0.667. The fourth-order valence-corrected chi connectivity index (χ4v) is 0.714. The monoisotopic (exact) mass is 266 g/mol. The molecule has 0 aromatic heterocycles. The molecule has 9 heteroatoms. The molecule has 0 saturated carbocycles. The molecule has 0 aromatic rings. The van der Waals surface area contributed by atoms with Crippen LogP contribution < -0.4 is 11.5 Å². The number of nitrogens with two attached hydrogens (primary N) is 2. The lowest BCUT2D eigenvalue weighted by Crippen LogP contribution is -2.30. The van der Waals surface area contributed by atoms with Crippen molar-refractivity contribution in [3.8, 4) is 0 Å². The number of hydrogen-bond acceptors (Lipinski definition) is 6. The first kappa shape index (κ1) is 18.6. The molecular formula is C9H18N2O7. The van der Waals surface area contributed by atoms with Crippen LogP contribution in [-0.4, -0.2) is 57.0 Å². The van der Waals surface area contributed by atoms with E-state index in [0.29, 0.717) is 19.4 Å². The van der Waals surface area contributed by atoms with E-state index in [1.807, 2.05) is 0 Å². The molecular weight excluding hydrogens is 248 g/mol. The number of carbonyl (C=O) groups is 3. The minimum absolute atomic E-state index is 0.464. The standard InChI is InChI=1S/C5H12N2O2.C4H6O5/c6-3-1-2-4(7)5(8)9;5-2(4(8)9)1-3(6)7/h4H,1-3,6-7H2,(H,8,9);2,5H,1H2,(H,6,7)(H,8,9)/t4-;/m0./s1. The summed E-state index contributed by atoms with van der Waals surface area (Å²) in [6.45, 7) is 0.501. The fourth-order valence-electron chi connectivity index (χ4n) is 0.714. The molecule has 1 unspecified atom stereocenters. The number of aliphatic hydroxyl groups is 1. The molecule has 0 radical (unpaired) electrons. The van der Waals surface area contributed by atoms with Gasteiger partial charge in [-0.1, -0.05) is 0 Å². The Morgan fingerprint density at radius 2 is 1.56 bits per heavy atom. The molecule has 0 spiro atoms. The largest absolute Gasteiger partial charge is 0.481 e. The van der Waals surface area contributed by atoms with E-state index in [-0.39, 0.29) is 0 Å². The lowest BCUT2D eigenvalue weighted by molar-refractivity contribution is -0.152. The number of aliphatic hydroxyl groups excluding tert-OH is 1. The Bertz CT molecular complexity index is 282. The lowest BCUT2D eigenvalue weighted by atomic mass is 10.2. The summed E-state index contributed by atoms with van der Waals surface area (Å²) in [7, 11) is 0. The predicted molar refractivity (Wildman–Crippen MR) is 59.8 cm³/mol. The number of carboxylic acid groups (broad SMARTS) is 3. The summed E-state index contributed by atoms with van der Waals surface area (Å²) in [5.74, 6) is -3.80. The van der Waals surface area contributed by atoms with Crippen LogP contribution in [0.4, 0.5) is 0 Å². The summed E-state index contributed by atoms with van der Waals surface area (Å²) in [6, 6.07) is -0.742. The van der Waals surface area contributed by atoms with Gasteiger partial charge < -0.3 is 31.9 Å². The van der Waals surface area contributed by atoms with E-state index >= 15 is 0 Å². The van der Waals surface area contributed by atoms with Crippen LogP contribution in [0, 0.1) is 0 Å². The molecule has 106 valence electrons. The van der Waals surface area contributed by atoms with Crippen molar-refractivity contribution in [2.24, 2.45) is 11.5 Å². The third-order valence-corrected chi connectivity index (χ3v) is 1.69. The molecule has 8 N–H and O–H groups in total. The maximum atomic E-state index is 10.0. The molecule has 0 amide bonds. The maximum Gasteiger partial charge on any atom is 0.333 e. The Labute approximate surface area is 103 Å². The van der Waals surface area contributed by atoms with E-state index in [9.17, 15) is 14.4 Å². The molecule has 0 rings (SSSR count). The summed E-state index contributed by atoms with van der Waals surface area (Å²) in [4.78, 5) is 29.5. The van der Waals surface area contributed by atoms with Crippen molar-refractivity contribution in [1.82, 2.24) is 0 Å². The van der Waals surface area contributed by atoms with Crippen LogP contribution in [0.5, 0.6) is 0 Å². The van der Waals surface area contributed by atoms with E-state index in [1.165, 1.54) is 0 Å². The Balaban J connectivity index is 0. The van der Waals surface area contributed by atoms with Crippen molar-refractivity contribution in [2.45, 2.75) is 31.4 Å². The van der Waals surface area contributed by atoms with Gasteiger partial charge in [-0.15, -0.1) is 0 Å². The van der Waals surface area contributed by atoms with Gasteiger partial charge in [-0.2, -0.15) is 0 Å². The quantitative estimate of drug-likeness (QED) is 0.304. The number of aliphatic carboxylic acids is 3. The van der Waals surface area contributed by atoms with Gasteiger partial charge in [0.15, 0.2) is 6.10 Å². The van der Waals surface area contributed by atoms with Crippen LogP contribution in [-0.2, 0) is 14.4 Å². The highest BCUT2D eigenvalue weighted by Crippen LogP contribution is 1.91. The van der Waals surface area contributed by atoms with Gasteiger partial charge in [-0.05, 0) is 19.4 Å². The van der Waals surface area contributed by atoms with Gasteiger partial charge in [0.05, 0.1) is 6.42 Å². The molecule has 0 aliphatic carbocycles. The summed E-state index contributed by atoms with van der Waals surface area (Å²) >= 11 is 0. The molecule has 18 heavy (non-hydrogen) atoms. The summed E-state index contributed by atoms with van der Waals surface area (Å²) < 4.78 is 0. The Kier molecular flexibility index (Phi) is 10.8. The molecule has 0 aliphatic heterocycles. The zero-order valence-electron chi connectivity index (χ0n) is 9.65. The normalized spacial score (nSPS) is 12.8. The Hall–Kier alpha value is -1.71. The maximum absolute atomic E-state index is 10.0. The Morgan fingerprint density at radius 3 is 1.78 bits per heavy atom. The predicted octanol–water partition coefficient (Wildman–Crippen LogP) is -1.96. The van der Waals surface area contributed by atoms with Crippen LogP contribution in [0.25, 0.3) is 0 Å². The van der Waals surface area contributed by atoms with Crippen molar-refractivity contribution >= 4 is 17.9 Å². The summed E-state index contributed by atoms with van der Waals surface area (Å²) in [6.07, 6.45) is -1.41. The molecule has 0 bridgehead atoms. The summed E-state index contributed by atoms with van der Waals surface area (Å²) in [5, 5.41) is 32.4. The van der Waals surface area contributed by atoms with Gasteiger partial charge in [0.2, 0.25) is 0 Å². The lowest BCUT2D eigenvalue weighted by Gasteiger charge is -2.02. The van der Waals surface area contributed by atoms with Crippen molar-refractivity contribution in [2.75, 3.05) is 6.54 Å². The van der Waals surface area contributed by atoms with E-state index in [0.717, 1.165) is 0 Å². The van der Waals surface area contributed by atoms with Crippen LogP contribution in [0.15, 0.2) is 0 Å². The van der Waals surface area contributed by atoms with E-state index in [2.05, 4.69) is 0 Å². The summed E-state index contributed by atoms with van der Waals surface area (Å²) in [5.41, 5.74) is 10.3. The number of carboxylic acids is 3. The molecule has 9 nitrogen and oxygen atoms in total. The van der Waals surface area contributed by atoms with Gasteiger partial charge in [0, 0.05) is 0 Å². The van der Waals surface area contributed by atoms with Gasteiger partial charge in [-0.3, -0.25) is 9.59 Å². The average Bonchev–Trinajstić information content (AvgIpc) is 2.25. The molecule has 2 atom stereocenters. The highest BCUT2D eigenvalue weighted by Gasteiger charge is 2.16.